The first-order valence-corrected chi connectivity index (χ1v) is 9.38. The van der Waals surface area contributed by atoms with Crippen LogP contribution in [0, 0.1) is 0 Å². The smallest absolute Gasteiger partial charge is 0.323 e. The molecule has 1 aliphatic heterocycles. The van der Waals surface area contributed by atoms with Gasteiger partial charge in [-0.2, -0.15) is 0 Å². The van der Waals surface area contributed by atoms with E-state index in [1.54, 1.807) is 4.90 Å². The molecule has 1 aromatic rings. The van der Waals surface area contributed by atoms with Gasteiger partial charge in [0.05, 0.1) is 12.7 Å². The maximum atomic E-state index is 12.8. The lowest BCUT2D eigenvalue weighted by Crippen LogP contribution is -2.51. The summed E-state index contributed by atoms with van der Waals surface area (Å²) in [6, 6.07) is 8.29. The highest BCUT2D eigenvalue weighted by atomic mass is 16.5. The van der Waals surface area contributed by atoms with Gasteiger partial charge in [-0.3, -0.25) is 14.4 Å². The number of benzene rings is 1. The first-order chi connectivity index (χ1) is 12.9. The van der Waals surface area contributed by atoms with Gasteiger partial charge in [0.1, 0.15) is 6.54 Å². The molecule has 27 heavy (non-hydrogen) atoms. The van der Waals surface area contributed by atoms with Crippen molar-refractivity contribution in [2.45, 2.75) is 38.2 Å². The predicted molar refractivity (Wildman–Crippen MR) is 98.3 cm³/mol. The van der Waals surface area contributed by atoms with Crippen molar-refractivity contribution >= 4 is 17.8 Å². The van der Waals surface area contributed by atoms with E-state index < -0.39 is 5.97 Å². The number of carbonyl (C=O) groups excluding carboxylic acids is 2. The second-order valence-corrected chi connectivity index (χ2v) is 7.26. The Bertz CT molecular complexity index is 720. The lowest BCUT2D eigenvalue weighted by Gasteiger charge is -2.35. The summed E-state index contributed by atoms with van der Waals surface area (Å²) >= 11 is 0. The number of carboxylic acids is 1. The van der Waals surface area contributed by atoms with Crippen LogP contribution >= 0.6 is 0 Å². The summed E-state index contributed by atoms with van der Waals surface area (Å²) in [7, 11) is 0. The molecule has 0 saturated carbocycles. The van der Waals surface area contributed by atoms with E-state index in [1.165, 1.54) is 23.0 Å². The Kier molecular flexibility index (Phi) is 6.11. The fourth-order valence-electron chi connectivity index (χ4n) is 3.97. The molecule has 1 N–H and O–H groups in total. The van der Waals surface area contributed by atoms with Crippen LogP contribution in [0.3, 0.4) is 0 Å². The average Bonchev–Trinajstić information content (AvgIpc) is 3.04. The minimum atomic E-state index is -1.06. The zero-order chi connectivity index (χ0) is 19.4. The van der Waals surface area contributed by atoms with E-state index in [2.05, 4.69) is 12.1 Å². The second-order valence-electron chi connectivity index (χ2n) is 7.26. The SMILES string of the molecule is CC(=O)N(CC(=O)O)CC1CN(C(=O)CC2CCc3ccccc32)CCO1. The van der Waals surface area contributed by atoms with Crippen molar-refractivity contribution in [1.82, 2.24) is 9.80 Å². The van der Waals surface area contributed by atoms with E-state index in [9.17, 15) is 14.4 Å². The van der Waals surface area contributed by atoms with Crippen LogP contribution in [0.5, 0.6) is 0 Å². The van der Waals surface area contributed by atoms with Crippen molar-refractivity contribution in [2.75, 3.05) is 32.8 Å². The third-order valence-corrected chi connectivity index (χ3v) is 5.37. The third-order valence-electron chi connectivity index (χ3n) is 5.37. The molecule has 7 nitrogen and oxygen atoms in total. The molecular formula is C20H26N2O5. The van der Waals surface area contributed by atoms with Crippen molar-refractivity contribution in [3.8, 4) is 0 Å². The third kappa shape index (κ3) is 4.86. The van der Waals surface area contributed by atoms with Crippen molar-refractivity contribution < 1.29 is 24.2 Å². The Morgan fingerprint density at radius 2 is 2.07 bits per heavy atom. The molecule has 2 amide bonds. The molecule has 0 spiro atoms. The maximum Gasteiger partial charge on any atom is 0.323 e. The Balaban J connectivity index is 1.57. The predicted octanol–water partition coefficient (Wildman–Crippen LogP) is 1.27. The van der Waals surface area contributed by atoms with E-state index in [0.29, 0.717) is 26.1 Å². The summed E-state index contributed by atoms with van der Waals surface area (Å²) in [6.07, 6.45) is 2.13. The first-order valence-electron chi connectivity index (χ1n) is 9.38. The zero-order valence-electron chi connectivity index (χ0n) is 15.6. The number of nitrogens with zero attached hydrogens (tertiary/aromatic N) is 2. The fraction of sp³-hybridized carbons (Fsp3) is 0.550. The highest BCUT2D eigenvalue weighted by Gasteiger charge is 2.30. The number of rotatable bonds is 6. The molecule has 1 aromatic carbocycles. The van der Waals surface area contributed by atoms with E-state index in [4.69, 9.17) is 9.84 Å². The van der Waals surface area contributed by atoms with Crippen molar-refractivity contribution in [2.24, 2.45) is 0 Å². The van der Waals surface area contributed by atoms with Gasteiger partial charge in [-0.15, -0.1) is 0 Å². The van der Waals surface area contributed by atoms with Crippen molar-refractivity contribution in [1.29, 1.82) is 0 Å². The second kappa shape index (κ2) is 8.52. The average molecular weight is 374 g/mol. The van der Waals surface area contributed by atoms with Crippen LogP contribution in [0.15, 0.2) is 24.3 Å². The molecule has 7 heteroatoms. The van der Waals surface area contributed by atoms with E-state index in [0.717, 1.165) is 12.8 Å². The number of hydrogen-bond donors (Lipinski definition) is 1. The minimum absolute atomic E-state index is 0.0950. The Hall–Kier alpha value is -2.41. The maximum absolute atomic E-state index is 12.8. The summed E-state index contributed by atoms with van der Waals surface area (Å²) < 4.78 is 5.67. The van der Waals surface area contributed by atoms with Crippen molar-refractivity contribution in [3.63, 3.8) is 0 Å². The summed E-state index contributed by atoms with van der Waals surface area (Å²) in [6.45, 7) is 2.47. The molecule has 0 bridgehead atoms. The molecule has 1 saturated heterocycles. The normalized spacial score (nSPS) is 21.6. The van der Waals surface area contributed by atoms with Gasteiger partial charge in [-0.1, -0.05) is 24.3 Å². The summed E-state index contributed by atoms with van der Waals surface area (Å²) in [5.41, 5.74) is 2.61. The fourth-order valence-corrected chi connectivity index (χ4v) is 3.97. The van der Waals surface area contributed by atoms with E-state index in [1.807, 2.05) is 12.1 Å². The molecule has 1 fully saturated rings. The van der Waals surface area contributed by atoms with Gasteiger partial charge >= 0.3 is 5.97 Å². The number of hydrogen-bond acceptors (Lipinski definition) is 4. The first kappa shape index (κ1) is 19.4. The Morgan fingerprint density at radius 3 is 2.81 bits per heavy atom. The Morgan fingerprint density at radius 1 is 1.30 bits per heavy atom. The van der Waals surface area contributed by atoms with Crippen LogP contribution in [0.4, 0.5) is 0 Å². The molecule has 0 aromatic heterocycles. The minimum Gasteiger partial charge on any atom is -0.480 e. The van der Waals surface area contributed by atoms with Gasteiger partial charge in [0.15, 0.2) is 0 Å². The topological polar surface area (TPSA) is 87.2 Å². The number of carboxylic acid groups (broad SMARTS) is 1. The lowest BCUT2D eigenvalue weighted by molar-refractivity contribution is -0.148. The number of ether oxygens (including phenoxy) is 1. The Labute approximate surface area is 158 Å². The standard InChI is InChI=1S/C20H26N2O5/c1-14(23)22(13-20(25)26)12-17-11-21(8-9-27-17)19(24)10-16-7-6-15-4-2-3-5-18(15)16/h2-5,16-17H,6-13H2,1H3,(H,25,26). The van der Waals surface area contributed by atoms with Gasteiger partial charge in [0.2, 0.25) is 11.8 Å². The molecule has 2 atom stereocenters. The van der Waals surface area contributed by atoms with Gasteiger partial charge in [0, 0.05) is 33.0 Å². The van der Waals surface area contributed by atoms with Gasteiger partial charge < -0.3 is 19.6 Å². The number of aliphatic carboxylic acids is 1. The molecule has 1 aliphatic carbocycles. The van der Waals surface area contributed by atoms with Gasteiger partial charge in [0.25, 0.3) is 0 Å². The summed E-state index contributed by atoms with van der Waals surface area (Å²) in [5.74, 6) is -1.02. The summed E-state index contributed by atoms with van der Waals surface area (Å²) in [4.78, 5) is 38.4. The number of morpholine rings is 1. The number of carbonyl (C=O) groups is 3. The molecular weight excluding hydrogens is 348 g/mol. The van der Waals surface area contributed by atoms with Crippen LogP contribution in [0.2, 0.25) is 0 Å². The van der Waals surface area contributed by atoms with Crippen LogP contribution in [0.25, 0.3) is 0 Å². The highest BCUT2D eigenvalue weighted by molar-refractivity contribution is 5.79. The van der Waals surface area contributed by atoms with Crippen molar-refractivity contribution in [3.05, 3.63) is 35.4 Å². The molecule has 0 radical (unpaired) electrons. The molecule has 1 heterocycles. The van der Waals surface area contributed by atoms with E-state index in [-0.39, 0.29) is 36.9 Å². The molecule has 146 valence electrons. The van der Waals surface area contributed by atoms with Crippen LogP contribution in [0.1, 0.15) is 36.8 Å². The van der Waals surface area contributed by atoms with Crippen LogP contribution < -0.4 is 0 Å². The monoisotopic (exact) mass is 374 g/mol. The molecule has 2 aliphatic rings. The van der Waals surface area contributed by atoms with Crippen LogP contribution in [-0.2, 0) is 25.5 Å². The largest absolute Gasteiger partial charge is 0.480 e. The van der Waals surface area contributed by atoms with Crippen LogP contribution in [-0.4, -0.2) is 71.6 Å². The van der Waals surface area contributed by atoms with Gasteiger partial charge in [-0.25, -0.2) is 0 Å². The van der Waals surface area contributed by atoms with Gasteiger partial charge in [-0.05, 0) is 29.9 Å². The number of amides is 2. The summed E-state index contributed by atoms with van der Waals surface area (Å²) in [5, 5.41) is 8.94. The number of aryl methyl sites for hydroxylation is 1. The molecule has 3 rings (SSSR count). The quantitative estimate of drug-likeness (QED) is 0.810. The zero-order valence-corrected chi connectivity index (χ0v) is 15.6. The molecule has 2 unspecified atom stereocenters. The van der Waals surface area contributed by atoms with E-state index >= 15 is 0 Å². The number of fused-ring (bicyclic) bond motifs is 1. The highest BCUT2D eigenvalue weighted by Crippen LogP contribution is 2.35. The lowest BCUT2D eigenvalue weighted by atomic mass is 9.97.